The van der Waals surface area contributed by atoms with Crippen LogP contribution in [0.5, 0.6) is 0 Å². The van der Waals surface area contributed by atoms with E-state index >= 15 is 0 Å². The number of imidazole rings is 1. The molecule has 0 fully saturated rings. The highest BCUT2D eigenvalue weighted by Crippen LogP contribution is 2.39. The van der Waals surface area contributed by atoms with E-state index in [-0.39, 0.29) is 23.9 Å². The number of rotatable bonds is 3. The van der Waals surface area contributed by atoms with Gasteiger partial charge in [0.1, 0.15) is 17.5 Å². The molecule has 2 N–H and O–H groups in total. The Bertz CT molecular complexity index is 902. The molecule has 0 atom stereocenters. The van der Waals surface area contributed by atoms with Crippen molar-refractivity contribution < 1.29 is 13.6 Å². The van der Waals surface area contributed by atoms with Crippen molar-refractivity contribution in [1.82, 2.24) is 14.5 Å². The number of amides is 1. The first-order valence-electron chi connectivity index (χ1n) is 9.17. The average molecular weight is 376 g/mol. The van der Waals surface area contributed by atoms with Gasteiger partial charge in [-0.3, -0.25) is 4.79 Å². The maximum Gasteiger partial charge on any atom is 0.237 e. The number of fused-ring (bicyclic) bond motifs is 1. The number of aromatic nitrogens is 2. The van der Waals surface area contributed by atoms with Crippen LogP contribution >= 0.6 is 0 Å². The van der Waals surface area contributed by atoms with Crippen LogP contribution in [0.15, 0.2) is 12.1 Å². The lowest BCUT2D eigenvalue weighted by atomic mass is 9.98. The van der Waals surface area contributed by atoms with Gasteiger partial charge in [-0.05, 0) is 38.3 Å². The third-order valence-electron chi connectivity index (χ3n) is 5.30. The summed E-state index contributed by atoms with van der Waals surface area (Å²) in [5.74, 6) is -0.589. The molecule has 1 amide bonds. The molecule has 2 heterocycles. The van der Waals surface area contributed by atoms with Gasteiger partial charge in [-0.2, -0.15) is 0 Å². The Morgan fingerprint density at radius 3 is 2.52 bits per heavy atom. The first-order chi connectivity index (χ1) is 12.6. The van der Waals surface area contributed by atoms with Gasteiger partial charge >= 0.3 is 0 Å². The lowest BCUT2D eigenvalue weighted by molar-refractivity contribution is -0.137. The number of benzene rings is 1. The molecule has 3 rings (SSSR count). The Morgan fingerprint density at radius 1 is 1.26 bits per heavy atom. The second kappa shape index (κ2) is 6.71. The Morgan fingerprint density at radius 2 is 1.93 bits per heavy atom. The molecule has 0 saturated heterocycles. The first-order valence-corrected chi connectivity index (χ1v) is 9.17. The van der Waals surface area contributed by atoms with Gasteiger partial charge in [0.25, 0.3) is 0 Å². The van der Waals surface area contributed by atoms with E-state index < -0.39 is 17.2 Å². The van der Waals surface area contributed by atoms with Gasteiger partial charge < -0.3 is 15.2 Å². The SMILES string of the molecule is Cc1cc(-c2nc3n(c2C(C)C)CCN(C(=O)CN)C3(C)C)c(F)cc1F. The topological polar surface area (TPSA) is 64.2 Å². The predicted molar refractivity (Wildman–Crippen MR) is 100 cm³/mol. The molecule has 5 nitrogen and oxygen atoms in total. The van der Waals surface area contributed by atoms with E-state index in [0.29, 0.717) is 30.2 Å². The van der Waals surface area contributed by atoms with E-state index in [2.05, 4.69) is 4.57 Å². The first kappa shape index (κ1) is 19.5. The third-order valence-corrected chi connectivity index (χ3v) is 5.30. The Balaban J connectivity index is 2.24. The highest BCUT2D eigenvalue weighted by Gasteiger charge is 2.41. The summed E-state index contributed by atoms with van der Waals surface area (Å²) in [6, 6.07) is 2.41. The predicted octanol–water partition coefficient (Wildman–Crippen LogP) is 3.30. The molecular weight excluding hydrogens is 350 g/mol. The quantitative estimate of drug-likeness (QED) is 0.894. The summed E-state index contributed by atoms with van der Waals surface area (Å²) >= 11 is 0. The Labute approximate surface area is 158 Å². The number of carbonyl (C=O) groups excluding carboxylic acids is 1. The van der Waals surface area contributed by atoms with Crippen molar-refractivity contribution >= 4 is 5.91 Å². The van der Waals surface area contributed by atoms with Crippen molar-refractivity contribution in [2.75, 3.05) is 13.1 Å². The molecule has 0 aliphatic carbocycles. The van der Waals surface area contributed by atoms with E-state index in [0.717, 1.165) is 11.8 Å². The van der Waals surface area contributed by atoms with Gasteiger partial charge in [0.2, 0.25) is 5.91 Å². The van der Waals surface area contributed by atoms with Crippen molar-refractivity contribution in [2.45, 2.75) is 52.6 Å². The number of hydrogen-bond acceptors (Lipinski definition) is 3. The summed E-state index contributed by atoms with van der Waals surface area (Å²) < 4.78 is 30.4. The lowest BCUT2D eigenvalue weighted by Crippen LogP contribution is -2.53. The van der Waals surface area contributed by atoms with E-state index in [9.17, 15) is 13.6 Å². The fraction of sp³-hybridized carbons (Fsp3) is 0.500. The fourth-order valence-electron chi connectivity index (χ4n) is 3.93. The second-order valence-corrected chi connectivity index (χ2v) is 7.87. The molecular formula is C20H26F2N4O. The van der Waals surface area contributed by atoms with Gasteiger partial charge in [0.15, 0.2) is 0 Å². The second-order valence-electron chi connectivity index (χ2n) is 7.87. The minimum atomic E-state index is -0.678. The standard InChI is InChI=1S/C20H26F2N4O/c1-11(2)18-17(13-8-12(3)14(21)9-15(13)22)24-19-20(4,5)26(16(27)10-23)7-6-25(18)19/h8-9,11H,6-7,10,23H2,1-5H3. The molecule has 1 aliphatic heterocycles. The van der Waals surface area contributed by atoms with E-state index in [4.69, 9.17) is 10.7 Å². The molecule has 27 heavy (non-hydrogen) atoms. The smallest absolute Gasteiger partial charge is 0.237 e. The van der Waals surface area contributed by atoms with Crippen LogP contribution in [0, 0.1) is 18.6 Å². The summed E-state index contributed by atoms with van der Waals surface area (Å²) in [7, 11) is 0. The average Bonchev–Trinajstić information content (AvgIpc) is 2.98. The van der Waals surface area contributed by atoms with Crippen molar-refractivity contribution in [3.8, 4) is 11.3 Å². The molecule has 146 valence electrons. The molecule has 0 unspecified atom stereocenters. The Hall–Kier alpha value is -2.28. The van der Waals surface area contributed by atoms with Crippen molar-refractivity contribution in [3.63, 3.8) is 0 Å². The van der Waals surface area contributed by atoms with Crippen LogP contribution in [0.2, 0.25) is 0 Å². The summed E-state index contributed by atoms with van der Waals surface area (Å²) in [5.41, 5.74) is 6.94. The molecule has 7 heteroatoms. The zero-order chi connectivity index (χ0) is 20.1. The molecule has 0 saturated carbocycles. The largest absolute Gasteiger partial charge is 0.327 e. The molecule has 0 spiro atoms. The summed E-state index contributed by atoms with van der Waals surface area (Å²) in [6.07, 6.45) is 0. The van der Waals surface area contributed by atoms with E-state index in [1.807, 2.05) is 27.7 Å². The highest BCUT2D eigenvalue weighted by atomic mass is 19.1. The fourth-order valence-corrected chi connectivity index (χ4v) is 3.93. The number of aryl methyl sites for hydroxylation is 1. The number of halogens is 2. The van der Waals surface area contributed by atoms with Crippen LogP contribution in [0.3, 0.4) is 0 Å². The number of nitrogens with two attached hydrogens (primary N) is 1. The van der Waals surface area contributed by atoms with Crippen molar-refractivity contribution in [2.24, 2.45) is 5.73 Å². The molecule has 0 bridgehead atoms. The molecule has 2 aromatic rings. The van der Waals surface area contributed by atoms with Crippen LogP contribution in [0.25, 0.3) is 11.3 Å². The van der Waals surface area contributed by atoms with Crippen LogP contribution in [0.4, 0.5) is 8.78 Å². The van der Waals surface area contributed by atoms with Gasteiger partial charge in [-0.15, -0.1) is 0 Å². The molecule has 1 aromatic heterocycles. The minimum Gasteiger partial charge on any atom is -0.327 e. The Kier molecular flexibility index (Phi) is 4.84. The maximum absolute atomic E-state index is 14.6. The van der Waals surface area contributed by atoms with Gasteiger partial charge in [-0.1, -0.05) is 13.8 Å². The highest BCUT2D eigenvalue weighted by molar-refractivity contribution is 5.79. The van der Waals surface area contributed by atoms with Crippen LogP contribution in [-0.2, 0) is 16.9 Å². The monoisotopic (exact) mass is 376 g/mol. The van der Waals surface area contributed by atoms with Gasteiger partial charge in [0, 0.05) is 30.4 Å². The normalized spacial score (nSPS) is 16.0. The van der Waals surface area contributed by atoms with Crippen LogP contribution < -0.4 is 5.73 Å². The minimum absolute atomic E-state index is 0.0696. The zero-order valence-electron chi connectivity index (χ0n) is 16.4. The van der Waals surface area contributed by atoms with Gasteiger partial charge in [-0.25, -0.2) is 13.8 Å². The number of carbonyl (C=O) groups is 1. The number of nitrogens with zero attached hydrogens (tertiary/aromatic N) is 3. The van der Waals surface area contributed by atoms with Crippen molar-refractivity contribution in [1.29, 1.82) is 0 Å². The van der Waals surface area contributed by atoms with E-state index in [1.165, 1.54) is 6.07 Å². The zero-order valence-corrected chi connectivity index (χ0v) is 16.4. The maximum atomic E-state index is 14.6. The third kappa shape index (κ3) is 3.04. The van der Waals surface area contributed by atoms with Crippen LogP contribution in [-0.4, -0.2) is 33.4 Å². The molecule has 1 aromatic carbocycles. The molecule has 0 radical (unpaired) electrons. The summed E-state index contributed by atoms with van der Waals surface area (Å²) in [4.78, 5) is 18.8. The summed E-state index contributed by atoms with van der Waals surface area (Å²) in [6.45, 7) is 10.5. The van der Waals surface area contributed by atoms with Gasteiger partial charge in [0.05, 0.1) is 17.8 Å². The lowest BCUT2D eigenvalue weighted by Gasteiger charge is -2.42. The summed E-state index contributed by atoms with van der Waals surface area (Å²) in [5, 5.41) is 0. The number of hydrogen-bond donors (Lipinski definition) is 1. The molecule has 1 aliphatic rings. The van der Waals surface area contributed by atoms with E-state index in [1.54, 1.807) is 11.8 Å². The van der Waals surface area contributed by atoms with Crippen molar-refractivity contribution in [3.05, 3.63) is 40.8 Å². The van der Waals surface area contributed by atoms with Crippen LogP contribution in [0.1, 0.15) is 50.7 Å².